The van der Waals surface area contributed by atoms with E-state index in [-0.39, 0.29) is 41.8 Å². The van der Waals surface area contributed by atoms with Gasteiger partial charge in [-0.1, -0.05) is 0 Å². The Morgan fingerprint density at radius 1 is 1.41 bits per heavy atom. The lowest BCUT2D eigenvalue weighted by molar-refractivity contribution is -0.385. The fourth-order valence-corrected chi connectivity index (χ4v) is 3.40. The van der Waals surface area contributed by atoms with E-state index >= 15 is 0 Å². The Morgan fingerprint density at radius 2 is 2.06 bits per heavy atom. The van der Waals surface area contributed by atoms with Gasteiger partial charge in [-0.15, -0.1) is 24.0 Å². The molecule has 1 fully saturated rings. The molecule has 1 aromatic heterocycles. The second-order valence-corrected chi connectivity index (χ2v) is 8.79. The van der Waals surface area contributed by atoms with E-state index in [1.165, 1.54) is 17.1 Å². The number of aromatic nitrogens is 2. The lowest BCUT2D eigenvalue weighted by atomic mass is 10.1. The Hall–Kier alpha value is -2.16. The zero-order valence-electron chi connectivity index (χ0n) is 19.6. The maximum absolute atomic E-state index is 12.8. The van der Waals surface area contributed by atoms with Crippen LogP contribution in [0, 0.1) is 10.1 Å². The predicted molar refractivity (Wildman–Crippen MR) is 130 cm³/mol. The third kappa shape index (κ3) is 7.46. The van der Waals surface area contributed by atoms with E-state index in [2.05, 4.69) is 20.7 Å². The molecule has 2 atom stereocenters. The largest absolute Gasteiger partial charge is 0.444 e. The monoisotopic (exact) mass is 567 g/mol. The smallest absolute Gasteiger partial charge is 0.412 e. The molecule has 0 aromatic carbocycles. The maximum Gasteiger partial charge on any atom is 0.412 e. The quantitative estimate of drug-likeness (QED) is 0.176. The van der Waals surface area contributed by atoms with Crippen molar-refractivity contribution in [1.29, 1.82) is 0 Å². The number of nitrogens with zero attached hydrogens (tertiary/aromatic N) is 5. The number of nitro groups is 1. The van der Waals surface area contributed by atoms with E-state index in [0.29, 0.717) is 25.6 Å². The van der Waals surface area contributed by atoms with Crippen LogP contribution < -0.4 is 10.6 Å². The average Bonchev–Trinajstić information content (AvgIpc) is 3.18. The normalized spacial score (nSPS) is 20.5. The van der Waals surface area contributed by atoms with Gasteiger partial charge in [-0.25, -0.2) is 4.79 Å². The SMILES string of the molecule is CN=C(NCCn1cc([N+](=O)[O-])cn1)NCC1C(C)OC(C)(C)N1C(=O)OC(C)(C)C.I. The Bertz CT molecular complexity index is 821. The fourth-order valence-electron chi connectivity index (χ4n) is 3.40. The summed E-state index contributed by atoms with van der Waals surface area (Å²) in [5.74, 6) is 0.530. The number of ether oxygens (including phenoxy) is 2. The number of amides is 1. The minimum Gasteiger partial charge on any atom is -0.444 e. The molecule has 2 N–H and O–H groups in total. The number of hydrogen-bond acceptors (Lipinski definition) is 7. The number of rotatable bonds is 6. The van der Waals surface area contributed by atoms with E-state index in [9.17, 15) is 14.9 Å². The van der Waals surface area contributed by atoms with Crippen LogP contribution >= 0.6 is 24.0 Å². The Kier molecular flexibility index (Phi) is 9.68. The molecule has 0 spiro atoms. The summed E-state index contributed by atoms with van der Waals surface area (Å²) in [5, 5.41) is 21.0. The van der Waals surface area contributed by atoms with Crippen LogP contribution in [0.4, 0.5) is 10.5 Å². The average molecular weight is 567 g/mol. The van der Waals surface area contributed by atoms with E-state index in [0.717, 1.165) is 0 Å². The highest BCUT2D eigenvalue weighted by Gasteiger charge is 2.49. The molecular formula is C19H34IN7O5. The second kappa shape index (κ2) is 11.1. The van der Waals surface area contributed by atoms with Crippen molar-refractivity contribution < 1.29 is 19.2 Å². The lowest BCUT2D eigenvalue weighted by Gasteiger charge is -2.35. The van der Waals surface area contributed by atoms with Crippen LogP contribution in [0.2, 0.25) is 0 Å². The summed E-state index contributed by atoms with van der Waals surface area (Å²) >= 11 is 0. The molecule has 2 unspecified atom stereocenters. The van der Waals surface area contributed by atoms with Crippen molar-refractivity contribution in [2.75, 3.05) is 20.1 Å². The zero-order valence-corrected chi connectivity index (χ0v) is 21.9. The van der Waals surface area contributed by atoms with Crippen molar-refractivity contribution in [2.24, 2.45) is 4.99 Å². The molecule has 1 amide bonds. The second-order valence-electron chi connectivity index (χ2n) is 8.79. The summed E-state index contributed by atoms with van der Waals surface area (Å²) in [6.07, 6.45) is 1.94. The molecule has 0 saturated carbocycles. The van der Waals surface area contributed by atoms with Crippen molar-refractivity contribution in [3.63, 3.8) is 0 Å². The minimum absolute atomic E-state index is 0. The summed E-state index contributed by atoms with van der Waals surface area (Å²) in [6.45, 7) is 12.3. The highest BCUT2D eigenvalue weighted by atomic mass is 127. The number of guanidine groups is 1. The summed E-state index contributed by atoms with van der Waals surface area (Å²) < 4.78 is 13.1. The number of aliphatic imine (C=N–C) groups is 1. The van der Waals surface area contributed by atoms with Crippen LogP contribution in [-0.4, -0.2) is 75.3 Å². The number of carbonyl (C=O) groups excluding carboxylic acids is 1. The molecule has 0 radical (unpaired) electrons. The highest BCUT2D eigenvalue weighted by molar-refractivity contribution is 14.0. The zero-order chi connectivity index (χ0) is 23.4. The van der Waals surface area contributed by atoms with Gasteiger partial charge in [0.05, 0.1) is 23.6 Å². The van der Waals surface area contributed by atoms with E-state index in [4.69, 9.17) is 9.47 Å². The first-order chi connectivity index (χ1) is 14.3. The van der Waals surface area contributed by atoms with Crippen molar-refractivity contribution in [3.8, 4) is 0 Å². The molecule has 2 rings (SSSR count). The fraction of sp³-hybridized carbons (Fsp3) is 0.737. The predicted octanol–water partition coefficient (Wildman–Crippen LogP) is 2.33. The van der Waals surface area contributed by atoms with Crippen LogP contribution in [0.1, 0.15) is 41.5 Å². The Balaban J connectivity index is 0.00000512. The molecule has 13 heteroatoms. The van der Waals surface area contributed by atoms with Crippen molar-refractivity contribution in [2.45, 2.75) is 71.6 Å². The van der Waals surface area contributed by atoms with Crippen LogP contribution in [0.15, 0.2) is 17.4 Å². The molecule has 1 aliphatic heterocycles. The van der Waals surface area contributed by atoms with Crippen LogP contribution in [0.3, 0.4) is 0 Å². The molecule has 1 aromatic rings. The lowest BCUT2D eigenvalue weighted by Crippen LogP contribution is -2.54. The minimum atomic E-state index is -0.806. The maximum atomic E-state index is 12.8. The molecule has 1 saturated heterocycles. The number of hydrogen-bond donors (Lipinski definition) is 2. The van der Waals surface area contributed by atoms with E-state index < -0.39 is 22.3 Å². The topological polar surface area (TPSA) is 136 Å². The summed E-state index contributed by atoms with van der Waals surface area (Å²) in [6, 6.07) is -0.267. The van der Waals surface area contributed by atoms with Crippen molar-refractivity contribution in [3.05, 3.63) is 22.5 Å². The van der Waals surface area contributed by atoms with E-state index in [1.807, 2.05) is 41.5 Å². The van der Waals surface area contributed by atoms with Gasteiger partial charge in [0.25, 0.3) is 0 Å². The van der Waals surface area contributed by atoms with Gasteiger partial charge >= 0.3 is 11.8 Å². The summed E-state index contributed by atoms with van der Waals surface area (Å²) in [5.41, 5.74) is -1.47. The van der Waals surface area contributed by atoms with Gasteiger partial charge in [-0.2, -0.15) is 5.10 Å². The van der Waals surface area contributed by atoms with Crippen LogP contribution in [0.25, 0.3) is 0 Å². The van der Waals surface area contributed by atoms with Gasteiger partial charge in [0.2, 0.25) is 0 Å². The van der Waals surface area contributed by atoms with Crippen molar-refractivity contribution in [1.82, 2.24) is 25.3 Å². The third-order valence-electron chi connectivity index (χ3n) is 4.68. The summed E-state index contributed by atoms with van der Waals surface area (Å²) in [4.78, 5) is 28.9. The first kappa shape index (κ1) is 27.9. The van der Waals surface area contributed by atoms with Gasteiger partial charge in [-0.3, -0.25) is 24.7 Å². The molecule has 182 valence electrons. The van der Waals surface area contributed by atoms with Gasteiger partial charge in [0, 0.05) is 20.1 Å². The van der Waals surface area contributed by atoms with Crippen LogP contribution in [0.5, 0.6) is 0 Å². The molecule has 12 nitrogen and oxygen atoms in total. The third-order valence-corrected chi connectivity index (χ3v) is 4.68. The molecular weight excluding hydrogens is 533 g/mol. The van der Waals surface area contributed by atoms with Crippen molar-refractivity contribution >= 4 is 41.7 Å². The Labute approximate surface area is 205 Å². The van der Waals surface area contributed by atoms with Gasteiger partial charge in [0.15, 0.2) is 5.96 Å². The molecule has 32 heavy (non-hydrogen) atoms. The molecule has 0 aliphatic carbocycles. The number of carbonyl (C=O) groups is 1. The first-order valence-electron chi connectivity index (χ1n) is 10.2. The number of halogens is 1. The number of nitrogens with one attached hydrogen (secondary N) is 2. The highest BCUT2D eigenvalue weighted by Crippen LogP contribution is 2.33. The standard InChI is InChI=1S/C19H33N7O5.HI/c1-13-15(25(19(5,6)30-13)17(27)31-18(2,3)4)11-22-16(20-7)21-8-9-24-12-14(10-23-24)26(28)29;/h10,12-13,15H,8-9,11H2,1-7H3,(H2,20,21,22);1H. The van der Waals surface area contributed by atoms with Gasteiger partial charge in [0.1, 0.15) is 23.7 Å². The van der Waals surface area contributed by atoms with E-state index in [1.54, 1.807) is 11.9 Å². The van der Waals surface area contributed by atoms with Gasteiger partial charge in [-0.05, 0) is 41.5 Å². The first-order valence-corrected chi connectivity index (χ1v) is 10.2. The summed E-state index contributed by atoms with van der Waals surface area (Å²) in [7, 11) is 1.64. The van der Waals surface area contributed by atoms with Gasteiger partial charge < -0.3 is 20.1 Å². The Morgan fingerprint density at radius 3 is 2.59 bits per heavy atom. The molecule has 1 aliphatic rings. The van der Waals surface area contributed by atoms with Crippen LogP contribution in [-0.2, 0) is 16.0 Å². The molecule has 0 bridgehead atoms. The molecule has 2 heterocycles.